The molecule has 6 aliphatic carbocycles. The SMILES string of the molecule is CC1=CC2C(=C1C(C)(C)C1=C3C=CC4=C(CCCC4)C3C=C1C)C=CC1=C2CCCC1. The molecule has 0 nitrogen and oxygen atoms in total. The first-order valence-electron chi connectivity index (χ1n) is 12.6. The van der Waals surface area contributed by atoms with E-state index in [-0.39, 0.29) is 5.41 Å². The molecule has 6 rings (SSSR count). The molecule has 0 heterocycles. The summed E-state index contributed by atoms with van der Waals surface area (Å²) in [5.41, 5.74) is 16.1. The van der Waals surface area contributed by atoms with E-state index in [1.807, 2.05) is 0 Å². The number of hydrogen-bond donors (Lipinski definition) is 0. The van der Waals surface area contributed by atoms with Crippen molar-refractivity contribution < 1.29 is 0 Å². The van der Waals surface area contributed by atoms with Crippen LogP contribution >= 0.6 is 0 Å². The van der Waals surface area contributed by atoms with E-state index in [1.54, 1.807) is 44.6 Å². The van der Waals surface area contributed by atoms with Crippen molar-refractivity contribution in [2.45, 2.75) is 79.1 Å². The summed E-state index contributed by atoms with van der Waals surface area (Å²) in [6.07, 6.45) is 25.7. The molecule has 0 heteroatoms. The maximum Gasteiger partial charge on any atom is 0.0243 e. The Labute approximate surface area is 188 Å². The zero-order chi connectivity index (χ0) is 21.3. The first-order chi connectivity index (χ1) is 15.0. The molecule has 6 aliphatic rings. The monoisotopic (exact) mass is 408 g/mol. The summed E-state index contributed by atoms with van der Waals surface area (Å²) in [6.45, 7) is 9.73. The van der Waals surface area contributed by atoms with Crippen LogP contribution in [0.15, 0.2) is 92.2 Å². The third-order valence-electron chi connectivity index (χ3n) is 8.91. The Morgan fingerprint density at radius 2 is 1.03 bits per heavy atom. The Bertz CT molecular complexity index is 1020. The minimum Gasteiger partial charge on any atom is -0.0697 e. The molecule has 0 saturated heterocycles. The lowest BCUT2D eigenvalue weighted by Gasteiger charge is -2.35. The minimum atomic E-state index is 0.0312. The van der Waals surface area contributed by atoms with Crippen LogP contribution in [-0.2, 0) is 0 Å². The first-order valence-corrected chi connectivity index (χ1v) is 12.6. The van der Waals surface area contributed by atoms with Crippen molar-refractivity contribution in [1.82, 2.24) is 0 Å². The molecular formula is C31H36. The highest BCUT2D eigenvalue weighted by atomic mass is 14.5. The zero-order valence-electron chi connectivity index (χ0n) is 19.8. The van der Waals surface area contributed by atoms with Gasteiger partial charge in [0.2, 0.25) is 0 Å². The van der Waals surface area contributed by atoms with Crippen LogP contribution in [0.25, 0.3) is 0 Å². The van der Waals surface area contributed by atoms with Gasteiger partial charge in [0.25, 0.3) is 0 Å². The Morgan fingerprint density at radius 3 is 1.48 bits per heavy atom. The van der Waals surface area contributed by atoms with Gasteiger partial charge < -0.3 is 0 Å². The highest BCUT2D eigenvalue weighted by Crippen LogP contribution is 2.56. The molecule has 2 atom stereocenters. The highest BCUT2D eigenvalue weighted by molar-refractivity contribution is 5.66. The molecule has 0 aromatic rings. The molecule has 31 heavy (non-hydrogen) atoms. The second-order valence-electron chi connectivity index (χ2n) is 11.1. The Morgan fingerprint density at radius 1 is 0.613 bits per heavy atom. The van der Waals surface area contributed by atoms with Crippen molar-refractivity contribution in [3.63, 3.8) is 0 Å². The number of hydrogen-bond acceptors (Lipinski definition) is 0. The number of fused-ring (bicyclic) bond motifs is 4. The predicted molar refractivity (Wildman–Crippen MR) is 132 cm³/mol. The molecule has 0 N–H and O–H groups in total. The smallest absolute Gasteiger partial charge is 0.0243 e. The summed E-state index contributed by atoms with van der Waals surface area (Å²) in [7, 11) is 0. The lowest BCUT2D eigenvalue weighted by atomic mass is 9.68. The molecule has 0 spiro atoms. The summed E-state index contributed by atoms with van der Waals surface area (Å²) in [5.74, 6) is 1.08. The van der Waals surface area contributed by atoms with E-state index in [1.165, 1.54) is 62.5 Å². The van der Waals surface area contributed by atoms with E-state index in [0.717, 1.165) is 0 Å². The van der Waals surface area contributed by atoms with Gasteiger partial charge in [-0.25, -0.2) is 0 Å². The van der Waals surface area contributed by atoms with Gasteiger partial charge in [-0.2, -0.15) is 0 Å². The number of rotatable bonds is 2. The van der Waals surface area contributed by atoms with E-state index < -0.39 is 0 Å². The van der Waals surface area contributed by atoms with E-state index in [9.17, 15) is 0 Å². The summed E-state index contributed by atoms with van der Waals surface area (Å²) in [6, 6.07) is 0. The van der Waals surface area contributed by atoms with Gasteiger partial charge in [0.05, 0.1) is 0 Å². The zero-order valence-corrected chi connectivity index (χ0v) is 19.8. The van der Waals surface area contributed by atoms with E-state index >= 15 is 0 Å². The summed E-state index contributed by atoms with van der Waals surface area (Å²) in [5, 5.41) is 0. The normalized spacial score (nSPS) is 29.8. The van der Waals surface area contributed by atoms with Crippen LogP contribution in [0.1, 0.15) is 79.1 Å². The number of allylic oxidation sites excluding steroid dienone is 16. The fraction of sp³-hybridized carbons (Fsp3) is 0.484. The van der Waals surface area contributed by atoms with Gasteiger partial charge in [-0.1, -0.05) is 61.4 Å². The lowest BCUT2D eigenvalue weighted by Crippen LogP contribution is -2.23. The molecule has 0 saturated carbocycles. The van der Waals surface area contributed by atoms with Crippen LogP contribution in [0.2, 0.25) is 0 Å². The fourth-order valence-electron chi connectivity index (χ4n) is 7.77. The van der Waals surface area contributed by atoms with Gasteiger partial charge >= 0.3 is 0 Å². The standard InChI is InChI=1S/C31H36/c1-19-17-27-23-11-7-5-9-21(23)13-15-25(27)29(19)31(3,4)30-20(2)18-28-24-12-8-6-10-22(24)14-16-26(28)30/h13-18,27-28H,5-12H2,1-4H3. The first kappa shape index (κ1) is 19.6. The second kappa shape index (κ2) is 6.96. The second-order valence-corrected chi connectivity index (χ2v) is 11.1. The van der Waals surface area contributed by atoms with Crippen LogP contribution in [0, 0.1) is 17.3 Å². The van der Waals surface area contributed by atoms with Crippen LogP contribution in [-0.4, -0.2) is 0 Å². The maximum atomic E-state index is 2.59. The van der Waals surface area contributed by atoms with Crippen LogP contribution < -0.4 is 0 Å². The molecular weight excluding hydrogens is 372 g/mol. The summed E-state index contributed by atoms with van der Waals surface area (Å²) >= 11 is 0. The van der Waals surface area contributed by atoms with E-state index in [0.29, 0.717) is 11.8 Å². The molecule has 0 fully saturated rings. The molecule has 160 valence electrons. The van der Waals surface area contributed by atoms with E-state index in [4.69, 9.17) is 0 Å². The van der Waals surface area contributed by atoms with Crippen LogP contribution in [0.3, 0.4) is 0 Å². The predicted octanol–water partition coefficient (Wildman–Crippen LogP) is 8.64. The van der Waals surface area contributed by atoms with Crippen molar-refractivity contribution in [2.75, 3.05) is 0 Å². The quantitative estimate of drug-likeness (QED) is 0.429. The van der Waals surface area contributed by atoms with Crippen molar-refractivity contribution in [1.29, 1.82) is 0 Å². The van der Waals surface area contributed by atoms with Crippen LogP contribution in [0.4, 0.5) is 0 Å². The Hall–Kier alpha value is -2.08. The minimum absolute atomic E-state index is 0.0312. The molecule has 2 unspecified atom stereocenters. The van der Waals surface area contributed by atoms with E-state index in [2.05, 4.69) is 64.2 Å². The summed E-state index contributed by atoms with van der Waals surface area (Å²) in [4.78, 5) is 0. The lowest BCUT2D eigenvalue weighted by molar-refractivity contribution is 0.541. The highest BCUT2D eigenvalue weighted by Gasteiger charge is 2.42. The van der Waals surface area contributed by atoms with Gasteiger partial charge in [0, 0.05) is 17.3 Å². The largest absolute Gasteiger partial charge is 0.0697 e. The van der Waals surface area contributed by atoms with Crippen molar-refractivity contribution >= 4 is 0 Å². The van der Waals surface area contributed by atoms with Crippen molar-refractivity contribution in [2.24, 2.45) is 17.3 Å². The van der Waals surface area contributed by atoms with Gasteiger partial charge in [-0.3, -0.25) is 0 Å². The third kappa shape index (κ3) is 2.80. The average Bonchev–Trinajstić information content (AvgIpc) is 3.30. The summed E-state index contributed by atoms with van der Waals surface area (Å²) < 4.78 is 0. The topological polar surface area (TPSA) is 0 Å². The third-order valence-corrected chi connectivity index (χ3v) is 8.91. The molecule has 0 aromatic carbocycles. The molecule has 0 amide bonds. The van der Waals surface area contributed by atoms with Crippen molar-refractivity contribution in [3.05, 3.63) is 92.2 Å². The molecule has 0 radical (unpaired) electrons. The van der Waals surface area contributed by atoms with Gasteiger partial charge in [0.15, 0.2) is 0 Å². The maximum absolute atomic E-state index is 2.59. The van der Waals surface area contributed by atoms with Gasteiger partial charge in [0.1, 0.15) is 0 Å². The van der Waals surface area contributed by atoms with Crippen LogP contribution in [0.5, 0.6) is 0 Å². The van der Waals surface area contributed by atoms with Gasteiger partial charge in [-0.15, -0.1) is 0 Å². The Balaban J connectivity index is 1.46. The average molecular weight is 409 g/mol. The Kier molecular flexibility index (Phi) is 4.40. The van der Waals surface area contributed by atoms with Crippen molar-refractivity contribution in [3.8, 4) is 0 Å². The molecule has 0 aromatic heterocycles. The molecule has 0 aliphatic heterocycles. The van der Waals surface area contributed by atoms with Gasteiger partial charge in [-0.05, 0) is 110 Å². The fourth-order valence-corrected chi connectivity index (χ4v) is 7.77. The molecule has 0 bridgehead atoms.